The number of aryl methyl sites for hydroxylation is 1. The molecular weight excluding hydrogens is 509 g/mol. The molecule has 2 heterocycles. The van der Waals surface area contributed by atoms with E-state index in [0.29, 0.717) is 31.1 Å². The van der Waals surface area contributed by atoms with E-state index in [0.717, 1.165) is 47.9 Å². The highest BCUT2D eigenvalue weighted by atomic mass is 35.5. The van der Waals surface area contributed by atoms with Crippen LogP contribution in [0.2, 0.25) is 10.0 Å². The summed E-state index contributed by atoms with van der Waals surface area (Å²) in [6, 6.07) is 5.05. The van der Waals surface area contributed by atoms with Gasteiger partial charge in [0.05, 0.1) is 10.5 Å². The van der Waals surface area contributed by atoms with Crippen LogP contribution in [0.15, 0.2) is 23.1 Å². The molecule has 1 saturated heterocycles. The van der Waals surface area contributed by atoms with E-state index in [1.165, 1.54) is 16.2 Å². The summed E-state index contributed by atoms with van der Waals surface area (Å²) in [6.07, 6.45) is 5.22. The van der Waals surface area contributed by atoms with Crippen LogP contribution in [0.3, 0.4) is 0 Å². The van der Waals surface area contributed by atoms with Gasteiger partial charge in [-0.2, -0.15) is 0 Å². The van der Waals surface area contributed by atoms with Gasteiger partial charge >= 0.3 is 0 Å². The monoisotopic (exact) mass is 525 g/mol. The van der Waals surface area contributed by atoms with Crippen LogP contribution < -0.4 is 11.1 Å². The lowest BCUT2D eigenvalue weighted by Crippen LogP contribution is -2.36. The molecule has 3 amide bonds. The number of thioether (sulfide) groups is 1. The molecule has 0 radical (unpaired) electrons. The number of rotatable bonds is 5. The Morgan fingerprint density at radius 2 is 1.91 bits per heavy atom. The van der Waals surface area contributed by atoms with Crippen molar-refractivity contribution in [2.24, 2.45) is 5.73 Å². The number of anilines is 1. The summed E-state index contributed by atoms with van der Waals surface area (Å²) in [6.45, 7) is -0.279. The molecule has 32 heavy (non-hydrogen) atoms. The largest absolute Gasteiger partial charge is 0.365 e. The van der Waals surface area contributed by atoms with E-state index in [4.69, 9.17) is 41.2 Å². The highest BCUT2D eigenvalue weighted by molar-refractivity contribution is 8.26. The number of carbonyl (C=O) groups is 3. The zero-order chi connectivity index (χ0) is 23.0. The van der Waals surface area contributed by atoms with Crippen LogP contribution in [0.25, 0.3) is 6.08 Å². The maximum Gasteiger partial charge on any atom is 0.266 e. The molecule has 1 aromatic heterocycles. The number of hydrogen-bond acceptors (Lipinski definition) is 6. The molecule has 0 bridgehead atoms. The number of nitrogens with one attached hydrogen (secondary N) is 1. The first-order valence-corrected chi connectivity index (χ1v) is 12.5. The minimum atomic E-state index is -0.565. The molecule has 0 atom stereocenters. The molecule has 3 N–H and O–H groups in total. The lowest BCUT2D eigenvalue weighted by Gasteiger charge is -2.14. The average Bonchev–Trinajstić information content (AvgIpc) is 3.22. The SMILES string of the molecule is NC(=O)c1c(NC(=O)CN2C(=O)/C(=C\c3c(Cl)cccc3Cl)SC2=S)sc2c1CCCC2. The van der Waals surface area contributed by atoms with E-state index < -0.39 is 17.7 Å². The van der Waals surface area contributed by atoms with E-state index in [2.05, 4.69) is 5.32 Å². The fraction of sp³-hybridized carbons (Fsp3) is 0.238. The van der Waals surface area contributed by atoms with Crippen LogP contribution >= 0.6 is 58.5 Å². The number of benzene rings is 1. The average molecular weight is 526 g/mol. The van der Waals surface area contributed by atoms with Gasteiger partial charge in [-0.1, -0.05) is 53.2 Å². The van der Waals surface area contributed by atoms with Crippen molar-refractivity contribution in [3.8, 4) is 0 Å². The van der Waals surface area contributed by atoms with Crippen LogP contribution in [0.4, 0.5) is 5.00 Å². The van der Waals surface area contributed by atoms with Crippen molar-refractivity contribution in [3.63, 3.8) is 0 Å². The number of amides is 3. The third kappa shape index (κ3) is 4.58. The number of nitrogens with zero attached hydrogens (tertiary/aromatic N) is 1. The van der Waals surface area contributed by atoms with Gasteiger partial charge in [0.1, 0.15) is 15.9 Å². The standard InChI is InChI=1S/C21H17Cl2N3O3S3/c22-12-5-3-6-13(23)11(12)8-15-20(29)26(21(30)32-15)9-16(27)25-19-17(18(24)28)10-4-1-2-7-14(10)31-19/h3,5-6,8H,1-2,4,7,9H2,(H2,24,28)(H,25,27)/b15-8+. The van der Waals surface area contributed by atoms with Gasteiger partial charge in [0.25, 0.3) is 11.8 Å². The number of hydrogen-bond donors (Lipinski definition) is 2. The van der Waals surface area contributed by atoms with Gasteiger partial charge in [0, 0.05) is 20.5 Å². The predicted molar refractivity (Wildman–Crippen MR) is 134 cm³/mol. The maximum absolute atomic E-state index is 12.9. The molecule has 1 fully saturated rings. The summed E-state index contributed by atoms with van der Waals surface area (Å²) in [5, 5.41) is 3.99. The predicted octanol–water partition coefficient (Wildman–Crippen LogP) is 4.87. The zero-order valence-electron chi connectivity index (χ0n) is 16.6. The summed E-state index contributed by atoms with van der Waals surface area (Å²) in [7, 11) is 0. The Morgan fingerprint density at radius 3 is 2.59 bits per heavy atom. The fourth-order valence-corrected chi connectivity index (χ4v) is 6.69. The van der Waals surface area contributed by atoms with Gasteiger partial charge in [-0.15, -0.1) is 11.3 Å². The fourth-order valence-electron chi connectivity index (χ4n) is 3.64. The van der Waals surface area contributed by atoms with Crippen molar-refractivity contribution in [1.29, 1.82) is 0 Å². The van der Waals surface area contributed by atoms with Crippen LogP contribution in [0.5, 0.6) is 0 Å². The zero-order valence-corrected chi connectivity index (χ0v) is 20.5. The van der Waals surface area contributed by atoms with Crippen molar-refractivity contribution in [3.05, 3.63) is 54.7 Å². The second-order valence-corrected chi connectivity index (χ2v) is 10.8. The molecule has 0 unspecified atom stereocenters. The second kappa shape index (κ2) is 9.52. The summed E-state index contributed by atoms with van der Waals surface area (Å²) in [4.78, 5) is 40.2. The van der Waals surface area contributed by atoms with Gasteiger partial charge in [0.2, 0.25) is 5.91 Å². The Hall–Kier alpha value is -1.91. The number of thiocarbonyl (C=S) groups is 1. The molecule has 0 spiro atoms. The molecule has 1 aliphatic carbocycles. The Labute approximate surface area is 208 Å². The minimum absolute atomic E-state index is 0.250. The molecule has 2 aliphatic rings. The number of halogens is 2. The maximum atomic E-state index is 12.9. The molecule has 2 aromatic rings. The number of thiophene rings is 1. The Balaban J connectivity index is 1.52. The van der Waals surface area contributed by atoms with Gasteiger partial charge < -0.3 is 11.1 Å². The van der Waals surface area contributed by atoms with E-state index in [1.807, 2.05) is 0 Å². The second-order valence-electron chi connectivity index (χ2n) is 7.23. The molecule has 0 saturated carbocycles. The normalized spacial score (nSPS) is 17.1. The highest BCUT2D eigenvalue weighted by Crippen LogP contribution is 2.38. The van der Waals surface area contributed by atoms with Crippen LogP contribution in [0.1, 0.15) is 39.2 Å². The Kier molecular flexibility index (Phi) is 6.92. The minimum Gasteiger partial charge on any atom is -0.365 e. The van der Waals surface area contributed by atoms with Crippen LogP contribution in [0, 0.1) is 0 Å². The van der Waals surface area contributed by atoms with Gasteiger partial charge in [0.15, 0.2) is 0 Å². The van der Waals surface area contributed by atoms with E-state index >= 15 is 0 Å². The van der Waals surface area contributed by atoms with Gasteiger partial charge in [-0.25, -0.2) is 0 Å². The molecule has 1 aliphatic heterocycles. The first-order valence-electron chi connectivity index (χ1n) is 9.70. The lowest BCUT2D eigenvalue weighted by molar-refractivity contribution is -0.126. The quantitative estimate of drug-likeness (QED) is 0.428. The van der Waals surface area contributed by atoms with E-state index in [-0.39, 0.29) is 10.9 Å². The Morgan fingerprint density at radius 1 is 1.22 bits per heavy atom. The highest BCUT2D eigenvalue weighted by Gasteiger charge is 2.34. The van der Waals surface area contributed by atoms with Crippen molar-refractivity contribution in [1.82, 2.24) is 4.90 Å². The van der Waals surface area contributed by atoms with Gasteiger partial charge in [-0.3, -0.25) is 19.3 Å². The molecule has 166 valence electrons. The van der Waals surface area contributed by atoms with E-state index in [1.54, 1.807) is 24.3 Å². The van der Waals surface area contributed by atoms with Crippen molar-refractivity contribution in [2.75, 3.05) is 11.9 Å². The topological polar surface area (TPSA) is 92.5 Å². The third-order valence-electron chi connectivity index (χ3n) is 5.12. The molecule has 1 aromatic carbocycles. The van der Waals surface area contributed by atoms with E-state index in [9.17, 15) is 14.4 Å². The lowest BCUT2D eigenvalue weighted by atomic mass is 9.95. The third-order valence-corrected chi connectivity index (χ3v) is 8.37. The number of fused-ring (bicyclic) bond motifs is 1. The summed E-state index contributed by atoms with van der Waals surface area (Å²) in [5.74, 6) is -1.43. The molecule has 11 heteroatoms. The van der Waals surface area contributed by atoms with Crippen molar-refractivity contribution in [2.45, 2.75) is 25.7 Å². The first-order chi connectivity index (χ1) is 15.3. The molecule has 6 nitrogen and oxygen atoms in total. The molecule has 4 rings (SSSR count). The first kappa shape index (κ1) is 23.3. The summed E-state index contributed by atoms with van der Waals surface area (Å²) >= 11 is 20.1. The van der Waals surface area contributed by atoms with Crippen molar-refractivity contribution >= 4 is 91.6 Å². The number of carbonyl (C=O) groups excluding carboxylic acids is 3. The van der Waals surface area contributed by atoms with Crippen LogP contribution in [-0.4, -0.2) is 33.5 Å². The Bertz CT molecular complexity index is 1170. The summed E-state index contributed by atoms with van der Waals surface area (Å²) in [5.41, 5.74) is 7.39. The molecular formula is C21H17Cl2N3O3S3. The number of primary amides is 1. The smallest absolute Gasteiger partial charge is 0.266 e. The van der Waals surface area contributed by atoms with Crippen LogP contribution in [-0.2, 0) is 22.4 Å². The van der Waals surface area contributed by atoms with Gasteiger partial charge in [-0.05, 0) is 49.5 Å². The summed E-state index contributed by atoms with van der Waals surface area (Å²) < 4.78 is 0.250. The van der Waals surface area contributed by atoms with Crippen molar-refractivity contribution < 1.29 is 14.4 Å². The number of nitrogens with two attached hydrogens (primary N) is 1.